The molecule has 0 aromatic heterocycles. The molecule has 2 aromatic rings. The average molecular weight is 386 g/mol. The SMILES string of the molecule is COc1ccc(NC(=O)OC(C)(C)C)c(NC(=O)/C=C/c2ccc(F)cc2)c1. The zero-order valence-corrected chi connectivity index (χ0v) is 16.2. The first-order valence-corrected chi connectivity index (χ1v) is 8.59. The summed E-state index contributed by atoms with van der Waals surface area (Å²) in [7, 11) is 1.50. The molecule has 0 bridgehead atoms. The molecule has 0 aliphatic heterocycles. The molecule has 2 amide bonds. The van der Waals surface area contributed by atoms with Crippen LogP contribution in [0, 0.1) is 5.82 Å². The van der Waals surface area contributed by atoms with Crippen molar-refractivity contribution in [2.45, 2.75) is 26.4 Å². The molecule has 0 aliphatic carbocycles. The van der Waals surface area contributed by atoms with Crippen LogP contribution in [0.5, 0.6) is 5.75 Å². The number of hydrogen-bond donors (Lipinski definition) is 2. The fraction of sp³-hybridized carbons (Fsp3) is 0.238. The van der Waals surface area contributed by atoms with Crippen LogP contribution in [-0.4, -0.2) is 24.7 Å². The van der Waals surface area contributed by atoms with Gasteiger partial charge in [-0.3, -0.25) is 10.1 Å². The Morgan fingerprint density at radius 2 is 1.68 bits per heavy atom. The second-order valence-corrected chi connectivity index (χ2v) is 6.91. The number of anilines is 2. The van der Waals surface area contributed by atoms with Crippen molar-refractivity contribution < 1.29 is 23.5 Å². The van der Waals surface area contributed by atoms with E-state index in [-0.39, 0.29) is 5.82 Å². The Morgan fingerprint density at radius 1 is 1.00 bits per heavy atom. The Hall–Kier alpha value is -3.35. The molecule has 2 N–H and O–H groups in total. The predicted octanol–water partition coefficient (Wildman–Crippen LogP) is 4.83. The van der Waals surface area contributed by atoms with Crippen molar-refractivity contribution in [1.29, 1.82) is 0 Å². The highest BCUT2D eigenvalue weighted by Gasteiger charge is 2.18. The van der Waals surface area contributed by atoms with Gasteiger partial charge in [-0.1, -0.05) is 12.1 Å². The van der Waals surface area contributed by atoms with Gasteiger partial charge in [0.15, 0.2) is 0 Å². The fourth-order valence-electron chi connectivity index (χ4n) is 2.20. The van der Waals surface area contributed by atoms with E-state index in [2.05, 4.69) is 10.6 Å². The van der Waals surface area contributed by atoms with Crippen LogP contribution in [0.4, 0.5) is 20.6 Å². The smallest absolute Gasteiger partial charge is 0.412 e. The molecular weight excluding hydrogens is 363 g/mol. The average Bonchev–Trinajstić information content (AvgIpc) is 2.61. The highest BCUT2D eigenvalue weighted by Crippen LogP contribution is 2.27. The van der Waals surface area contributed by atoms with Crippen molar-refractivity contribution in [3.05, 3.63) is 59.9 Å². The quantitative estimate of drug-likeness (QED) is 0.722. The third kappa shape index (κ3) is 6.75. The summed E-state index contributed by atoms with van der Waals surface area (Å²) >= 11 is 0. The topological polar surface area (TPSA) is 76.7 Å². The molecule has 0 fully saturated rings. The van der Waals surface area contributed by atoms with Crippen LogP contribution < -0.4 is 15.4 Å². The molecule has 0 atom stereocenters. The maximum absolute atomic E-state index is 12.9. The summed E-state index contributed by atoms with van der Waals surface area (Å²) in [6.07, 6.45) is 2.22. The van der Waals surface area contributed by atoms with Crippen LogP contribution in [0.2, 0.25) is 0 Å². The van der Waals surface area contributed by atoms with E-state index in [1.54, 1.807) is 57.2 Å². The molecule has 2 rings (SSSR count). The second-order valence-electron chi connectivity index (χ2n) is 6.91. The van der Waals surface area contributed by atoms with Gasteiger partial charge in [0.1, 0.15) is 17.2 Å². The van der Waals surface area contributed by atoms with Gasteiger partial charge in [-0.25, -0.2) is 9.18 Å². The van der Waals surface area contributed by atoms with Crippen molar-refractivity contribution in [1.82, 2.24) is 0 Å². The van der Waals surface area contributed by atoms with Gasteiger partial charge >= 0.3 is 6.09 Å². The number of nitrogens with one attached hydrogen (secondary N) is 2. The fourth-order valence-corrected chi connectivity index (χ4v) is 2.20. The number of methoxy groups -OCH3 is 1. The molecule has 6 nitrogen and oxygen atoms in total. The number of carbonyl (C=O) groups is 2. The molecule has 0 heterocycles. The lowest BCUT2D eigenvalue weighted by Gasteiger charge is -2.20. The first kappa shape index (κ1) is 21.0. The van der Waals surface area contributed by atoms with Crippen LogP contribution in [0.25, 0.3) is 6.08 Å². The molecule has 0 radical (unpaired) electrons. The number of ether oxygens (including phenoxy) is 2. The van der Waals surface area contributed by atoms with Crippen LogP contribution in [0.15, 0.2) is 48.5 Å². The first-order chi connectivity index (χ1) is 13.2. The molecule has 0 spiro atoms. The molecule has 0 aliphatic rings. The van der Waals surface area contributed by atoms with Gasteiger partial charge < -0.3 is 14.8 Å². The summed E-state index contributed by atoms with van der Waals surface area (Å²) in [5.41, 5.74) is 0.726. The van der Waals surface area contributed by atoms with E-state index in [1.165, 1.54) is 25.3 Å². The van der Waals surface area contributed by atoms with Crippen molar-refractivity contribution >= 4 is 29.5 Å². The number of halogens is 1. The summed E-state index contributed by atoms with van der Waals surface area (Å²) < 4.78 is 23.3. The van der Waals surface area contributed by atoms with Gasteiger partial charge in [0.05, 0.1) is 18.5 Å². The molecule has 2 aromatic carbocycles. The predicted molar refractivity (Wildman–Crippen MR) is 107 cm³/mol. The lowest BCUT2D eigenvalue weighted by atomic mass is 10.2. The zero-order valence-electron chi connectivity index (χ0n) is 16.2. The Bertz CT molecular complexity index is 871. The monoisotopic (exact) mass is 386 g/mol. The third-order valence-electron chi connectivity index (χ3n) is 3.42. The summed E-state index contributed by atoms with van der Waals surface area (Å²) in [6.45, 7) is 5.26. The van der Waals surface area contributed by atoms with Crippen LogP contribution in [0.1, 0.15) is 26.3 Å². The van der Waals surface area contributed by atoms with E-state index < -0.39 is 17.6 Å². The molecule has 148 valence electrons. The summed E-state index contributed by atoms with van der Waals surface area (Å²) in [5.74, 6) is -0.270. The van der Waals surface area contributed by atoms with E-state index in [1.807, 2.05) is 0 Å². The van der Waals surface area contributed by atoms with Gasteiger partial charge in [-0.2, -0.15) is 0 Å². The first-order valence-electron chi connectivity index (χ1n) is 8.59. The maximum atomic E-state index is 12.9. The molecular formula is C21H23FN2O4. The zero-order chi connectivity index (χ0) is 20.7. The van der Waals surface area contributed by atoms with Gasteiger partial charge in [0.2, 0.25) is 5.91 Å². The maximum Gasteiger partial charge on any atom is 0.412 e. The van der Waals surface area contributed by atoms with Crippen LogP contribution in [0.3, 0.4) is 0 Å². The minimum absolute atomic E-state index is 0.346. The van der Waals surface area contributed by atoms with Gasteiger partial charge in [-0.05, 0) is 56.7 Å². The van der Waals surface area contributed by atoms with Crippen molar-refractivity contribution in [2.24, 2.45) is 0 Å². The number of hydrogen-bond acceptors (Lipinski definition) is 4. The van der Waals surface area contributed by atoms with Gasteiger partial charge in [-0.15, -0.1) is 0 Å². The largest absolute Gasteiger partial charge is 0.497 e. The summed E-state index contributed by atoms with van der Waals surface area (Å²) in [6, 6.07) is 10.6. The highest BCUT2D eigenvalue weighted by molar-refractivity contribution is 6.05. The highest BCUT2D eigenvalue weighted by atomic mass is 19.1. The molecule has 0 unspecified atom stereocenters. The van der Waals surface area contributed by atoms with E-state index in [0.29, 0.717) is 22.7 Å². The Morgan fingerprint density at radius 3 is 2.29 bits per heavy atom. The van der Waals surface area contributed by atoms with E-state index in [9.17, 15) is 14.0 Å². The van der Waals surface area contributed by atoms with E-state index in [0.717, 1.165) is 0 Å². The molecule has 0 saturated heterocycles. The summed E-state index contributed by atoms with van der Waals surface area (Å²) in [4.78, 5) is 24.3. The van der Waals surface area contributed by atoms with Gasteiger partial charge in [0.25, 0.3) is 0 Å². The lowest BCUT2D eigenvalue weighted by Crippen LogP contribution is -2.27. The Balaban J connectivity index is 2.14. The van der Waals surface area contributed by atoms with Crippen LogP contribution >= 0.6 is 0 Å². The van der Waals surface area contributed by atoms with Crippen molar-refractivity contribution in [2.75, 3.05) is 17.7 Å². The van der Waals surface area contributed by atoms with Gasteiger partial charge in [0, 0.05) is 12.1 Å². The normalized spacial score (nSPS) is 11.2. The number of rotatable bonds is 5. The number of benzene rings is 2. The lowest BCUT2D eigenvalue weighted by molar-refractivity contribution is -0.111. The second kappa shape index (κ2) is 9.03. The third-order valence-corrected chi connectivity index (χ3v) is 3.42. The standard InChI is InChI=1S/C21H23FN2O4/c1-21(2,3)28-20(26)24-17-11-10-16(27-4)13-18(17)23-19(25)12-7-14-5-8-15(22)9-6-14/h5-13H,1-4H3,(H,23,25)(H,24,26)/b12-7+. The van der Waals surface area contributed by atoms with E-state index in [4.69, 9.17) is 9.47 Å². The van der Waals surface area contributed by atoms with Crippen molar-refractivity contribution in [3.8, 4) is 5.75 Å². The summed E-state index contributed by atoms with van der Waals surface area (Å²) in [5, 5.41) is 5.29. The molecule has 7 heteroatoms. The Kier molecular flexibility index (Phi) is 6.76. The Labute approximate surface area is 163 Å². The molecule has 0 saturated carbocycles. The van der Waals surface area contributed by atoms with E-state index >= 15 is 0 Å². The van der Waals surface area contributed by atoms with Crippen LogP contribution in [-0.2, 0) is 9.53 Å². The number of carbonyl (C=O) groups excluding carboxylic acids is 2. The minimum Gasteiger partial charge on any atom is -0.497 e. The minimum atomic E-state index is -0.655. The number of amides is 2. The van der Waals surface area contributed by atoms with Crippen molar-refractivity contribution in [3.63, 3.8) is 0 Å². The molecule has 28 heavy (non-hydrogen) atoms.